The predicted octanol–water partition coefficient (Wildman–Crippen LogP) is 2.68. The normalized spacial score (nSPS) is 13.3. The van der Waals surface area contributed by atoms with Crippen LogP contribution in [0.5, 0.6) is 0 Å². The minimum absolute atomic E-state index is 0.317. The standard InChI is InChI=1S/C12H19NO2S/c1-9(2)13(7-10(3)12(14)15)8-11-5-4-6-16-11/h4-6,9-10H,7-8H2,1-3H3,(H,14,15). The summed E-state index contributed by atoms with van der Waals surface area (Å²) in [5.41, 5.74) is 0. The van der Waals surface area contributed by atoms with E-state index in [1.165, 1.54) is 4.88 Å². The molecule has 0 saturated heterocycles. The summed E-state index contributed by atoms with van der Waals surface area (Å²) < 4.78 is 0. The largest absolute Gasteiger partial charge is 0.481 e. The van der Waals surface area contributed by atoms with Crippen molar-refractivity contribution in [3.05, 3.63) is 22.4 Å². The average molecular weight is 241 g/mol. The average Bonchev–Trinajstić information content (AvgIpc) is 2.68. The van der Waals surface area contributed by atoms with E-state index in [-0.39, 0.29) is 5.92 Å². The molecule has 0 aliphatic rings. The van der Waals surface area contributed by atoms with Crippen LogP contribution in [-0.2, 0) is 11.3 Å². The van der Waals surface area contributed by atoms with Crippen molar-refractivity contribution in [2.45, 2.75) is 33.4 Å². The SMILES string of the molecule is CC(CN(Cc1cccs1)C(C)C)C(=O)O. The molecule has 0 bridgehead atoms. The molecule has 1 atom stereocenters. The predicted molar refractivity (Wildman–Crippen MR) is 66.7 cm³/mol. The van der Waals surface area contributed by atoms with E-state index >= 15 is 0 Å². The van der Waals surface area contributed by atoms with Gasteiger partial charge >= 0.3 is 5.97 Å². The van der Waals surface area contributed by atoms with Gasteiger partial charge < -0.3 is 5.11 Å². The molecule has 0 radical (unpaired) electrons. The molecular formula is C12H19NO2S. The second kappa shape index (κ2) is 6.01. The molecule has 1 unspecified atom stereocenters. The van der Waals surface area contributed by atoms with Gasteiger partial charge in [0.2, 0.25) is 0 Å². The number of carbonyl (C=O) groups is 1. The minimum atomic E-state index is -0.725. The Labute approximate surface area is 101 Å². The van der Waals surface area contributed by atoms with Gasteiger partial charge in [-0.25, -0.2) is 0 Å². The molecule has 0 aliphatic carbocycles. The molecule has 1 aromatic heterocycles. The van der Waals surface area contributed by atoms with Crippen molar-refractivity contribution >= 4 is 17.3 Å². The Morgan fingerprint density at radius 3 is 2.62 bits per heavy atom. The lowest BCUT2D eigenvalue weighted by Gasteiger charge is -2.27. The van der Waals surface area contributed by atoms with Gasteiger partial charge in [0.05, 0.1) is 5.92 Å². The second-order valence-corrected chi connectivity index (χ2v) is 5.37. The quantitative estimate of drug-likeness (QED) is 0.832. The molecular weight excluding hydrogens is 222 g/mol. The molecule has 0 aromatic carbocycles. The van der Waals surface area contributed by atoms with Gasteiger partial charge in [-0.15, -0.1) is 11.3 Å². The highest BCUT2D eigenvalue weighted by atomic mass is 32.1. The third kappa shape index (κ3) is 3.94. The number of hydrogen-bond donors (Lipinski definition) is 1. The van der Waals surface area contributed by atoms with Crippen LogP contribution in [-0.4, -0.2) is 28.6 Å². The Morgan fingerprint density at radius 2 is 2.19 bits per heavy atom. The van der Waals surface area contributed by atoms with Gasteiger partial charge in [0, 0.05) is 24.0 Å². The molecule has 0 saturated carbocycles. The van der Waals surface area contributed by atoms with Crippen LogP contribution in [0.4, 0.5) is 0 Å². The maximum absolute atomic E-state index is 10.8. The molecule has 1 aromatic rings. The third-order valence-electron chi connectivity index (χ3n) is 2.60. The maximum Gasteiger partial charge on any atom is 0.307 e. The monoisotopic (exact) mass is 241 g/mol. The molecule has 0 aliphatic heterocycles. The number of carboxylic acids is 1. The first-order valence-electron chi connectivity index (χ1n) is 5.50. The van der Waals surface area contributed by atoms with Crippen LogP contribution in [0.25, 0.3) is 0 Å². The van der Waals surface area contributed by atoms with Crippen LogP contribution in [0.2, 0.25) is 0 Å². The summed E-state index contributed by atoms with van der Waals surface area (Å²) in [4.78, 5) is 14.3. The zero-order chi connectivity index (χ0) is 12.1. The fraction of sp³-hybridized carbons (Fsp3) is 0.583. The van der Waals surface area contributed by atoms with E-state index in [4.69, 9.17) is 5.11 Å². The lowest BCUT2D eigenvalue weighted by atomic mass is 10.1. The highest BCUT2D eigenvalue weighted by Gasteiger charge is 2.18. The summed E-state index contributed by atoms with van der Waals surface area (Å²) >= 11 is 1.72. The molecule has 16 heavy (non-hydrogen) atoms. The van der Waals surface area contributed by atoms with Gasteiger partial charge in [-0.1, -0.05) is 13.0 Å². The Morgan fingerprint density at radius 1 is 1.50 bits per heavy atom. The molecule has 3 nitrogen and oxygen atoms in total. The molecule has 0 fully saturated rings. The lowest BCUT2D eigenvalue weighted by molar-refractivity contribution is -0.141. The van der Waals surface area contributed by atoms with Crippen LogP contribution in [0.15, 0.2) is 17.5 Å². The van der Waals surface area contributed by atoms with Crippen LogP contribution in [0, 0.1) is 5.92 Å². The Hall–Kier alpha value is -0.870. The van der Waals surface area contributed by atoms with Crippen molar-refractivity contribution in [1.29, 1.82) is 0 Å². The second-order valence-electron chi connectivity index (χ2n) is 4.34. The zero-order valence-electron chi connectivity index (χ0n) is 10.0. The summed E-state index contributed by atoms with van der Waals surface area (Å²) in [6.45, 7) is 7.40. The smallest absolute Gasteiger partial charge is 0.307 e. The first-order chi connectivity index (χ1) is 7.50. The Balaban J connectivity index is 2.58. The molecule has 0 amide bonds. The zero-order valence-corrected chi connectivity index (χ0v) is 10.8. The number of thiophene rings is 1. The molecule has 1 heterocycles. The fourth-order valence-corrected chi connectivity index (χ4v) is 2.22. The van der Waals surface area contributed by atoms with Crippen molar-refractivity contribution in [2.24, 2.45) is 5.92 Å². The summed E-state index contributed by atoms with van der Waals surface area (Å²) in [5.74, 6) is -1.04. The van der Waals surface area contributed by atoms with E-state index in [1.807, 2.05) is 6.07 Å². The van der Waals surface area contributed by atoms with Crippen LogP contribution < -0.4 is 0 Å². The number of rotatable bonds is 6. The summed E-state index contributed by atoms with van der Waals surface area (Å²) in [7, 11) is 0. The van der Waals surface area contributed by atoms with Crippen molar-refractivity contribution in [3.63, 3.8) is 0 Å². The molecule has 90 valence electrons. The van der Waals surface area contributed by atoms with Crippen LogP contribution in [0.1, 0.15) is 25.6 Å². The molecule has 1 N–H and O–H groups in total. The molecule has 0 spiro atoms. The van der Waals surface area contributed by atoms with Crippen LogP contribution >= 0.6 is 11.3 Å². The van der Waals surface area contributed by atoms with Gasteiger partial charge in [-0.2, -0.15) is 0 Å². The molecule has 1 rings (SSSR count). The number of nitrogens with zero attached hydrogens (tertiary/aromatic N) is 1. The van der Waals surface area contributed by atoms with Gasteiger partial charge in [0.15, 0.2) is 0 Å². The topological polar surface area (TPSA) is 40.5 Å². The van der Waals surface area contributed by atoms with E-state index < -0.39 is 5.97 Å². The van der Waals surface area contributed by atoms with Crippen molar-refractivity contribution in [1.82, 2.24) is 4.90 Å². The first-order valence-corrected chi connectivity index (χ1v) is 6.38. The van der Waals surface area contributed by atoms with E-state index in [0.717, 1.165) is 6.54 Å². The minimum Gasteiger partial charge on any atom is -0.481 e. The van der Waals surface area contributed by atoms with Crippen molar-refractivity contribution < 1.29 is 9.90 Å². The lowest BCUT2D eigenvalue weighted by Crippen LogP contribution is -2.36. The van der Waals surface area contributed by atoms with Gasteiger partial charge in [-0.05, 0) is 25.3 Å². The Bertz CT molecular complexity index is 322. The number of hydrogen-bond acceptors (Lipinski definition) is 3. The highest BCUT2D eigenvalue weighted by Crippen LogP contribution is 2.15. The first kappa shape index (κ1) is 13.2. The summed E-state index contributed by atoms with van der Waals surface area (Å²) in [6.07, 6.45) is 0. The summed E-state index contributed by atoms with van der Waals surface area (Å²) in [6, 6.07) is 4.48. The van der Waals surface area contributed by atoms with Gasteiger partial charge in [0.25, 0.3) is 0 Å². The number of aliphatic carboxylic acids is 1. The number of carboxylic acid groups (broad SMARTS) is 1. The Kier molecular flexibility index (Phi) is 4.96. The highest BCUT2D eigenvalue weighted by molar-refractivity contribution is 7.09. The van der Waals surface area contributed by atoms with Crippen molar-refractivity contribution in [2.75, 3.05) is 6.54 Å². The van der Waals surface area contributed by atoms with Gasteiger partial charge in [-0.3, -0.25) is 9.69 Å². The third-order valence-corrected chi connectivity index (χ3v) is 3.46. The van der Waals surface area contributed by atoms with E-state index in [1.54, 1.807) is 18.3 Å². The molecule has 4 heteroatoms. The van der Waals surface area contributed by atoms with E-state index in [9.17, 15) is 4.79 Å². The van der Waals surface area contributed by atoms with Crippen LogP contribution in [0.3, 0.4) is 0 Å². The van der Waals surface area contributed by atoms with Crippen molar-refractivity contribution in [3.8, 4) is 0 Å². The van der Waals surface area contributed by atoms with Gasteiger partial charge in [0.1, 0.15) is 0 Å². The fourth-order valence-electron chi connectivity index (χ4n) is 1.49. The maximum atomic E-state index is 10.8. The van der Waals surface area contributed by atoms with E-state index in [0.29, 0.717) is 12.6 Å². The summed E-state index contributed by atoms with van der Waals surface area (Å²) in [5, 5.41) is 11.0. The van der Waals surface area contributed by atoms with E-state index in [2.05, 4.69) is 30.2 Å².